The van der Waals surface area contributed by atoms with Crippen LogP contribution in [-0.2, 0) is 6.54 Å². The van der Waals surface area contributed by atoms with Crippen molar-refractivity contribution in [2.75, 3.05) is 19.6 Å². The highest BCUT2D eigenvalue weighted by atomic mass is 15.3. The molecule has 1 aromatic heterocycles. The van der Waals surface area contributed by atoms with E-state index in [1.165, 1.54) is 34.4 Å². The van der Waals surface area contributed by atoms with Gasteiger partial charge in [0, 0.05) is 49.4 Å². The van der Waals surface area contributed by atoms with Gasteiger partial charge in [0.1, 0.15) is 0 Å². The number of hydrogen-bond acceptors (Lipinski definition) is 3. The molecule has 1 fully saturated rings. The van der Waals surface area contributed by atoms with Gasteiger partial charge in [-0.15, -0.1) is 0 Å². The fourth-order valence-electron chi connectivity index (χ4n) is 3.94. The number of piperazine rings is 1. The molecule has 2 aromatic rings. The quantitative estimate of drug-likeness (QED) is 0.893. The van der Waals surface area contributed by atoms with Crippen LogP contribution in [-0.4, -0.2) is 51.7 Å². The molecule has 0 radical (unpaired) electrons. The first-order valence-corrected chi connectivity index (χ1v) is 9.57. The van der Waals surface area contributed by atoms with Gasteiger partial charge >= 0.3 is 0 Å². The highest BCUT2D eigenvalue weighted by molar-refractivity contribution is 5.64. The van der Waals surface area contributed by atoms with Crippen molar-refractivity contribution in [2.45, 2.75) is 59.7 Å². The van der Waals surface area contributed by atoms with Gasteiger partial charge in [-0.05, 0) is 51.3 Å². The van der Waals surface area contributed by atoms with E-state index in [1.54, 1.807) is 0 Å². The van der Waals surface area contributed by atoms with Crippen molar-refractivity contribution in [1.29, 1.82) is 0 Å². The zero-order chi connectivity index (χ0) is 18.0. The molecular formula is C21H32N4. The van der Waals surface area contributed by atoms with Gasteiger partial charge in [-0.2, -0.15) is 5.10 Å². The number of benzene rings is 1. The van der Waals surface area contributed by atoms with E-state index in [1.807, 2.05) is 6.20 Å². The molecule has 1 atom stereocenters. The Bertz CT molecular complexity index is 704. The third-order valence-electron chi connectivity index (χ3n) is 5.65. The molecule has 3 rings (SSSR count). The molecule has 0 spiro atoms. The van der Waals surface area contributed by atoms with E-state index < -0.39 is 0 Å². The average molecular weight is 341 g/mol. The molecule has 1 saturated heterocycles. The molecule has 0 aliphatic carbocycles. The molecule has 136 valence electrons. The fourth-order valence-corrected chi connectivity index (χ4v) is 3.94. The second-order valence-corrected chi connectivity index (χ2v) is 7.70. The standard InChI is InChI=1S/C21H32N4/c1-6-20-14-24(9-10-25(20)15(2)3)13-19-12-22-23-21(19)18-8-7-16(4)17(5)11-18/h7-8,11-12,15,20H,6,9-10,13-14H2,1-5H3,(H,22,23)/t20-/m0/s1. The van der Waals surface area contributed by atoms with E-state index in [2.05, 4.69) is 72.8 Å². The maximum atomic E-state index is 4.34. The van der Waals surface area contributed by atoms with Crippen LogP contribution in [0.1, 0.15) is 43.9 Å². The van der Waals surface area contributed by atoms with Crippen LogP contribution in [0.2, 0.25) is 0 Å². The molecule has 2 heterocycles. The highest BCUT2D eigenvalue weighted by Crippen LogP contribution is 2.26. The Morgan fingerprint density at radius 1 is 1.20 bits per heavy atom. The number of H-pyrrole nitrogens is 1. The van der Waals surface area contributed by atoms with E-state index in [4.69, 9.17) is 0 Å². The molecule has 1 aliphatic rings. The Kier molecular flexibility index (Phi) is 5.60. The summed E-state index contributed by atoms with van der Waals surface area (Å²) in [5, 5.41) is 7.56. The van der Waals surface area contributed by atoms with Gasteiger partial charge in [0.05, 0.1) is 11.9 Å². The minimum Gasteiger partial charge on any atom is -0.296 e. The van der Waals surface area contributed by atoms with E-state index >= 15 is 0 Å². The molecule has 25 heavy (non-hydrogen) atoms. The molecule has 0 amide bonds. The second-order valence-electron chi connectivity index (χ2n) is 7.70. The third kappa shape index (κ3) is 3.96. The van der Waals surface area contributed by atoms with E-state index in [0.29, 0.717) is 12.1 Å². The number of nitrogens with zero attached hydrogens (tertiary/aromatic N) is 3. The highest BCUT2D eigenvalue weighted by Gasteiger charge is 2.27. The smallest absolute Gasteiger partial charge is 0.0695 e. The monoisotopic (exact) mass is 340 g/mol. The van der Waals surface area contributed by atoms with Gasteiger partial charge < -0.3 is 0 Å². The van der Waals surface area contributed by atoms with E-state index in [9.17, 15) is 0 Å². The lowest BCUT2D eigenvalue weighted by Crippen LogP contribution is -2.54. The minimum atomic E-state index is 0.632. The number of aromatic nitrogens is 2. The van der Waals surface area contributed by atoms with Gasteiger partial charge in [0.25, 0.3) is 0 Å². The van der Waals surface area contributed by atoms with Crippen LogP contribution in [0, 0.1) is 13.8 Å². The Balaban J connectivity index is 1.74. The van der Waals surface area contributed by atoms with Crippen LogP contribution in [0.25, 0.3) is 11.3 Å². The summed E-state index contributed by atoms with van der Waals surface area (Å²) in [6.45, 7) is 15.7. The summed E-state index contributed by atoms with van der Waals surface area (Å²) in [5.74, 6) is 0. The summed E-state index contributed by atoms with van der Waals surface area (Å²) < 4.78 is 0. The number of aryl methyl sites for hydroxylation is 2. The summed E-state index contributed by atoms with van der Waals surface area (Å²) in [6.07, 6.45) is 3.21. The van der Waals surface area contributed by atoms with Crippen molar-refractivity contribution in [3.63, 3.8) is 0 Å². The summed E-state index contributed by atoms with van der Waals surface area (Å²) >= 11 is 0. The molecule has 4 heteroatoms. The molecule has 0 saturated carbocycles. The van der Waals surface area contributed by atoms with Crippen molar-refractivity contribution in [3.8, 4) is 11.3 Å². The predicted octanol–water partition coefficient (Wildman–Crippen LogP) is 4.00. The SMILES string of the molecule is CC[C@H]1CN(Cc2cn[nH]c2-c2ccc(C)c(C)c2)CCN1C(C)C. The van der Waals surface area contributed by atoms with E-state index in [0.717, 1.165) is 26.2 Å². The molecule has 0 bridgehead atoms. The summed E-state index contributed by atoms with van der Waals surface area (Å²) in [6, 6.07) is 7.95. The zero-order valence-corrected chi connectivity index (χ0v) is 16.3. The summed E-state index contributed by atoms with van der Waals surface area (Å²) in [7, 11) is 0. The third-order valence-corrected chi connectivity index (χ3v) is 5.65. The lowest BCUT2D eigenvalue weighted by atomic mass is 10.0. The lowest BCUT2D eigenvalue weighted by Gasteiger charge is -2.43. The van der Waals surface area contributed by atoms with Crippen LogP contribution >= 0.6 is 0 Å². The minimum absolute atomic E-state index is 0.632. The average Bonchev–Trinajstić information content (AvgIpc) is 3.05. The molecule has 1 N–H and O–H groups in total. The Labute approximate surface area is 152 Å². The molecule has 1 aromatic carbocycles. The van der Waals surface area contributed by atoms with Crippen molar-refractivity contribution >= 4 is 0 Å². The topological polar surface area (TPSA) is 35.2 Å². The van der Waals surface area contributed by atoms with Crippen LogP contribution in [0.15, 0.2) is 24.4 Å². The fraction of sp³-hybridized carbons (Fsp3) is 0.571. The molecular weight excluding hydrogens is 308 g/mol. The second kappa shape index (κ2) is 7.71. The first-order chi connectivity index (χ1) is 12.0. The number of nitrogens with one attached hydrogen (secondary N) is 1. The summed E-state index contributed by atoms with van der Waals surface area (Å²) in [4.78, 5) is 5.23. The first-order valence-electron chi connectivity index (χ1n) is 9.57. The predicted molar refractivity (Wildman–Crippen MR) is 105 cm³/mol. The maximum Gasteiger partial charge on any atom is 0.0695 e. The number of aromatic amines is 1. The van der Waals surface area contributed by atoms with Gasteiger partial charge in [0.2, 0.25) is 0 Å². The zero-order valence-electron chi connectivity index (χ0n) is 16.3. The van der Waals surface area contributed by atoms with Crippen molar-refractivity contribution < 1.29 is 0 Å². The van der Waals surface area contributed by atoms with Gasteiger partial charge in [-0.3, -0.25) is 14.9 Å². The van der Waals surface area contributed by atoms with Gasteiger partial charge in [-0.25, -0.2) is 0 Å². The molecule has 4 nitrogen and oxygen atoms in total. The van der Waals surface area contributed by atoms with Crippen molar-refractivity contribution in [1.82, 2.24) is 20.0 Å². The van der Waals surface area contributed by atoms with Crippen LogP contribution in [0.3, 0.4) is 0 Å². The Morgan fingerprint density at radius 2 is 2.00 bits per heavy atom. The normalized spacial score (nSPS) is 19.7. The molecule has 1 aliphatic heterocycles. The number of hydrogen-bond donors (Lipinski definition) is 1. The van der Waals surface area contributed by atoms with Crippen molar-refractivity contribution in [3.05, 3.63) is 41.1 Å². The van der Waals surface area contributed by atoms with Gasteiger partial charge in [0.15, 0.2) is 0 Å². The van der Waals surface area contributed by atoms with Crippen LogP contribution in [0.4, 0.5) is 0 Å². The Hall–Kier alpha value is -1.65. The largest absolute Gasteiger partial charge is 0.296 e. The van der Waals surface area contributed by atoms with E-state index in [-0.39, 0.29) is 0 Å². The number of rotatable bonds is 5. The lowest BCUT2D eigenvalue weighted by molar-refractivity contribution is 0.0457. The van der Waals surface area contributed by atoms with Crippen molar-refractivity contribution in [2.24, 2.45) is 0 Å². The maximum absolute atomic E-state index is 4.34. The van der Waals surface area contributed by atoms with Gasteiger partial charge in [-0.1, -0.05) is 19.1 Å². The van der Waals surface area contributed by atoms with Crippen LogP contribution in [0.5, 0.6) is 0 Å². The first kappa shape index (κ1) is 18.2. The molecule has 0 unspecified atom stereocenters. The summed E-state index contributed by atoms with van der Waals surface area (Å²) in [5.41, 5.74) is 6.37. The Morgan fingerprint density at radius 3 is 2.68 bits per heavy atom. The van der Waals surface area contributed by atoms with Crippen LogP contribution < -0.4 is 0 Å².